The van der Waals surface area contributed by atoms with Crippen molar-refractivity contribution in [2.24, 2.45) is 0 Å². The van der Waals surface area contributed by atoms with E-state index >= 15 is 0 Å². The van der Waals surface area contributed by atoms with Crippen LogP contribution in [0.2, 0.25) is 0 Å². The molecule has 0 aliphatic carbocycles. The highest BCUT2D eigenvalue weighted by Gasteiger charge is 2.13. The smallest absolute Gasteiger partial charge is 0.122 e. The van der Waals surface area contributed by atoms with Crippen LogP contribution in [-0.4, -0.2) is 10.2 Å². The summed E-state index contributed by atoms with van der Waals surface area (Å²) in [4.78, 5) is 0. The molecule has 0 saturated carbocycles. The van der Waals surface area contributed by atoms with Crippen LogP contribution < -0.4 is 0 Å². The van der Waals surface area contributed by atoms with Gasteiger partial charge in [-0.2, -0.15) is 0 Å². The van der Waals surface area contributed by atoms with Crippen LogP contribution in [0.4, 0.5) is 0 Å². The number of benzene rings is 3. The van der Waals surface area contributed by atoms with Gasteiger partial charge in [-0.3, -0.25) is 0 Å². The fourth-order valence-electron chi connectivity index (χ4n) is 2.93. The molecular formula is C22H22O2. The lowest BCUT2D eigenvalue weighted by Gasteiger charge is -2.15. The molecule has 0 saturated heterocycles. The van der Waals surface area contributed by atoms with Gasteiger partial charge < -0.3 is 10.2 Å². The third-order valence-corrected chi connectivity index (χ3v) is 4.25. The summed E-state index contributed by atoms with van der Waals surface area (Å²) >= 11 is 0. The van der Waals surface area contributed by atoms with Crippen molar-refractivity contribution >= 4 is 0 Å². The highest BCUT2D eigenvalue weighted by molar-refractivity contribution is 5.48. The minimum absolute atomic E-state index is 0.326. The molecule has 1 atom stereocenters. The molecule has 0 aromatic heterocycles. The highest BCUT2D eigenvalue weighted by atomic mass is 16.3. The average molecular weight is 318 g/mol. The van der Waals surface area contributed by atoms with E-state index in [1.807, 2.05) is 72.8 Å². The van der Waals surface area contributed by atoms with Gasteiger partial charge in [0.1, 0.15) is 5.75 Å². The van der Waals surface area contributed by atoms with Crippen molar-refractivity contribution in [3.8, 4) is 5.75 Å². The number of rotatable bonds is 5. The van der Waals surface area contributed by atoms with Gasteiger partial charge >= 0.3 is 0 Å². The predicted molar refractivity (Wildman–Crippen MR) is 97.2 cm³/mol. The first-order valence-electron chi connectivity index (χ1n) is 8.24. The Hall–Kier alpha value is -2.58. The lowest BCUT2D eigenvalue weighted by Crippen LogP contribution is -2.00. The van der Waals surface area contributed by atoms with E-state index in [0.717, 1.165) is 27.8 Å². The summed E-state index contributed by atoms with van der Waals surface area (Å²) in [6, 6.07) is 23.9. The molecule has 0 aliphatic heterocycles. The average Bonchev–Trinajstić information content (AvgIpc) is 2.60. The quantitative estimate of drug-likeness (QED) is 0.720. The van der Waals surface area contributed by atoms with Crippen LogP contribution in [0.15, 0.2) is 72.8 Å². The van der Waals surface area contributed by atoms with Crippen LogP contribution in [0.1, 0.15) is 40.8 Å². The Morgan fingerprint density at radius 3 is 1.54 bits per heavy atom. The van der Waals surface area contributed by atoms with E-state index in [9.17, 15) is 10.2 Å². The maximum atomic E-state index is 10.7. The Balaban J connectivity index is 1.98. The van der Waals surface area contributed by atoms with Crippen molar-refractivity contribution in [3.63, 3.8) is 0 Å². The normalized spacial score (nSPS) is 12.1. The van der Waals surface area contributed by atoms with Crippen LogP contribution in [0.5, 0.6) is 5.75 Å². The second-order valence-corrected chi connectivity index (χ2v) is 6.19. The molecule has 0 heterocycles. The van der Waals surface area contributed by atoms with Crippen LogP contribution in [0, 0.1) is 0 Å². The van der Waals surface area contributed by atoms with E-state index in [4.69, 9.17) is 0 Å². The van der Waals surface area contributed by atoms with E-state index in [-0.39, 0.29) is 0 Å². The summed E-state index contributed by atoms with van der Waals surface area (Å²) in [5, 5.41) is 20.8. The van der Waals surface area contributed by atoms with E-state index in [1.165, 1.54) is 0 Å². The monoisotopic (exact) mass is 318 g/mol. The molecule has 2 nitrogen and oxygen atoms in total. The van der Waals surface area contributed by atoms with E-state index in [0.29, 0.717) is 18.6 Å². The second kappa shape index (κ2) is 7.33. The molecule has 0 fully saturated rings. The van der Waals surface area contributed by atoms with E-state index in [2.05, 4.69) is 0 Å². The lowest BCUT2D eigenvalue weighted by molar-refractivity contribution is 0.199. The van der Waals surface area contributed by atoms with Gasteiger partial charge in [-0.15, -0.1) is 0 Å². The van der Waals surface area contributed by atoms with E-state index < -0.39 is 6.10 Å². The summed E-state index contributed by atoms with van der Waals surface area (Å²) in [6.45, 7) is 1.75. The topological polar surface area (TPSA) is 40.5 Å². The summed E-state index contributed by atoms with van der Waals surface area (Å²) < 4.78 is 0. The summed E-state index contributed by atoms with van der Waals surface area (Å²) in [5.41, 5.74) is 4.82. The molecule has 0 bridgehead atoms. The number of aliphatic hydroxyl groups is 1. The molecule has 2 heteroatoms. The maximum absolute atomic E-state index is 10.7. The van der Waals surface area contributed by atoms with E-state index in [1.54, 1.807) is 6.92 Å². The first kappa shape index (κ1) is 16.3. The number of aliphatic hydroxyl groups excluding tert-OH is 1. The highest BCUT2D eigenvalue weighted by Crippen LogP contribution is 2.31. The molecule has 3 rings (SSSR count). The zero-order chi connectivity index (χ0) is 16.9. The minimum atomic E-state index is -0.561. The van der Waals surface area contributed by atoms with Crippen molar-refractivity contribution in [2.75, 3.05) is 0 Å². The molecule has 1 unspecified atom stereocenters. The molecule has 0 radical (unpaired) electrons. The Bertz CT molecular complexity index is 730. The molecule has 0 amide bonds. The van der Waals surface area contributed by atoms with Crippen molar-refractivity contribution in [1.82, 2.24) is 0 Å². The zero-order valence-corrected chi connectivity index (χ0v) is 13.8. The number of phenolic OH excluding ortho intramolecular Hbond substituents is 1. The molecule has 0 spiro atoms. The van der Waals surface area contributed by atoms with Crippen LogP contribution in [-0.2, 0) is 12.8 Å². The molecule has 122 valence electrons. The van der Waals surface area contributed by atoms with Crippen molar-refractivity contribution in [1.29, 1.82) is 0 Å². The second-order valence-electron chi connectivity index (χ2n) is 6.19. The molecule has 24 heavy (non-hydrogen) atoms. The Kier molecular flexibility index (Phi) is 4.97. The van der Waals surface area contributed by atoms with Gasteiger partial charge in [0.05, 0.1) is 6.10 Å². The largest absolute Gasteiger partial charge is 0.507 e. The summed E-state index contributed by atoms with van der Waals surface area (Å²) in [6.07, 6.45) is 0.735. The zero-order valence-electron chi connectivity index (χ0n) is 13.8. The maximum Gasteiger partial charge on any atom is 0.122 e. The lowest BCUT2D eigenvalue weighted by atomic mass is 9.93. The first-order valence-corrected chi connectivity index (χ1v) is 8.24. The third-order valence-electron chi connectivity index (χ3n) is 4.25. The third kappa shape index (κ3) is 3.84. The standard InChI is InChI=1S/C22H22O2/c1-16(23)19-14-20(12-17-8-4-2-5-9-17)22(24)21(15-19)13-18-10-6-3-7-11-18/h2-11,14-16,23-24H,12-13H2,1H3. The summed E-state index contributed by atoms with van der Waals surface area (Å²) in [7, 11) is 0. The number of aromatic hydroxyl groups is 1. The number of hydrogen-bond donors (Lipinski definition) is 2. The first-order chi connectivity index (χ1) is 11.6. The SMILES string of the molecule is CC(O)c1cc(Cc2ccccc2)c(O)c(Cc2ccccc2)c1. The minimum Gasteiger partial charge on any atom is -0.507 e. The Morgan fingerprint density at radius 2 is 1.17 bits per heavy atom. The van der Waals surface area contributed by atoms with Crippen molar-refractivity contribution in [3.05, 3.63) is 101 Å². The molecule has 3 aromatic carbocycles. The van der Waals surface area contributed by atoms with Crippen molar-refractivity contribution < 1.29 is 10.2 Å². The van der Waals surface area contributed by atoms with Gasteiger partial charge in [0, 0.05) is 12.8 Å². The van der Waals surface area contributed by atoms with Gasteiger partial charge in [0.15, 0.2) is 0 Å². The van der Waals surface area contributed by atoms with Crippen molar-refractivity contribution in [2.45, 2.75) is 25.9 Å². The van der Waals surface area contributed by atoms with Gasteiger partial charge in [0.2, 0.25) is 0 Å². The Labute approximate surface area is 143 Å². The van der Waals surface area contributed by atoms with Crippen LogP contribution in [0.3, 0.4) is 0 Å². The predicted octanol–water partition coefficient (Wildman–Crippen LogP) is 4.63. The van der Waals surface area contributed by atoms with Gasteiger partial charge in [-0.05, 0) is 46.9 Å². The number of hydrogen-bond acceptors (Lipinski definition) is 2. The fourth-order valence-corrected chi connectivity index (χ4v) is 2.93. The molecule has 3 aromatic rings. The van der Waals surface area contributed by atoms with Gasteiger partial charge in [-0.25, -0.2) is 0 Å². The van der Waals surface area contributed by atoms with Gasteiger partial charge in [0.25, 0.3) is 0 Å². The fraction of sp³-hybridized carbons (Fsp3) is 0.182. The summed E-state index contributed by atoms with van der Waals surface area (Å²) in [5.74, 6) is 0.326. The molecule has 2 N–H and O–H groups in total. The Morgan fingerprint density at radius 1 is 0.750 bits per heavy atom. The van der Waals surface area contributed by atoms with Gasteiger partial charge in [-0.1, -0.05) is 60.7 Å². The number of phenols is 1. The van der Waals surface area contributed by atoms with Crippen LogP contribution in [0.25, 0.3) is 0 Å². The molecule has 0 aliphatic rings. The molecular weight excluding hydrogens is 296 g/mol. The van der Waals surface area contributed by atoms with Crippen LogP contribution >= 0.6 is 0 Å².